The van der Waals surface area contributed by atoms with Crippen LogP contribution in [0, 0.1) is 34.5 Å². The van der Waals surface area contributed by atoms with E-state index in [9.17, 15) is 9.59 Å². The van der Waals surface area contributed by atoms with Gasteiger partial charge in [0.25, 0.3) is 0 Å². The summed E-state index contributed by atoms with van der Waals surface area (Å²) in [7, 11) is 0. The quantitative estimate of drug-likeness (QED) is 0.253. The Morgan fingerprint density at radius 1 is 0.630 bits per heavy atom. The number of unbranched alkanes of at least 4 members (excludes halogenated alkanes) is 2. The van der Waals surface area contributed by atoms with Crippen molar-refractivity contribution in [2.75, 3.05) is 0 Å². The maximum absolute atomic E-state index is 12.7. The maximum atomic E-state index is 12.7. The number of aryl methyl sites for hydroxylation is 2. The Hall–Kier alpha value is -2.82. The van der Waals surface area contributed by atoms with Gasteiger partial charge in [-0.1, -0.05) is 66.5 Å². The molecule has 0 saturated heterocycles. The van der Waals surface area contributed by atoms with Crippen molar-refractivity contribution in [3.8, 4) is 11.5 Å². The molecule has 2 aromatic carbocycles. The number of hydrogen-bond acceptors (Lipinski definition) is 5. The highest BCUT2D eigenvalue weighted by Gasteiger charge is 2.58. The molecule has 0 aromatic heterocycles. The molecule has 6 unspecified atom stereocenters. The molecule has 1 aliphatic heterocycles. The van der Waals surface area contributed by atoms with Crippen LogP contribution in [-0.4, -0.2) is 24.1 Å². The molecule has 4 fully saturated rings. The van der Waals surface area contributed by atoms with Gasteiger partial charge in [-0.3, -0.25) is 9.59 Å². The monoisotopic (exact) mass is 734 g/mol. The first-order valence-electron chi connectivity index (χ1n) is 22.4. The number of esters is 2. The van der Waals surface area contributed by atoms with E-state index in [1.807, 2.05) is 0 Å². The van der Waals surface area contributed by atoms with E-state index in [2.05, 4.69) is 65.8 Å². The molecular formula is C49H66O5. The molecule has 10 atom stereocenters. The third-order valence-corrected chi connectivity index (χ3v) is 17.1. The number of fused-ring (bicyclic) bond motifs is 12. The molecule has 0 spiro atoms. The van der Waals surface area contributed by atoms with Gasteiger partial charge >= 0.3 is 11.9 Å². The lowest BCUT2D eigenvalue weighted by Gasteiger charge is -2.51. The van der Waals surface area contributed by atoms with Crippen LogP contribution in [0.1, 0.15) is 189 Å². The van der Waals surface area contributed by atoms with Gasteiger partial charge in [0.2, 0.25) is 0 Å². The molecule has 2 aromatic rings. The van der Waals surface area contributed by atoms with Crippen LogP contribution in [0.2, 0.25) is 0 Å². The third-order valence-electron chi connectivity index (χ3n) is 17.1. The lowest BCUT2D eigenvalue weighted by Crippen LogP contribution is -2.45. The fraction of sp³-hybridized carbons (Fsp3) is 0.714. The first kappa shape index (κ1) is 36.8. The summed E-state index contributed by atoms with van der Waals surface area (Å²) in [6.07, 6.45) is 18.9. The van der Waals surface area contributed by atoms with E-state index in [1.165, 1.54) is 60.8 Å². The van der Waals surface area contributed by atoms with E-state index >= 15 is 0 Å². The fourth-order valence-electron chi connectivity index (χ4n) is 14.0. The van der Waals surface area contributed by atoms with E-state index < -0.39 is 0 Å². The van der Waals surface area contributed by atoms with Gasteiger partial charge in [0, 0.05) is 40.2 Å². The molecule has 9 rings (SSSR count). The summed E-state index contributed by atoms with van der Waals surface area (Å²) in [6, 6.07) is 10.0. The zero-order valence-electron chi connectivity index (χ0n) is 34.2. The van der Waals surface area contributed by atoms with Crippen LogP contribution in [0.5, 0.6) is 11.5 Å². The minimum atomic E-state index is -0.157. The van der Waals surface area contributed by atoms with E-state index in [4.69, 9.17) is 14.2 Å². The SMILES string of the molecule is CCCCC(=O)O[C@H]1CCC2C3CCc4cc5c(cc4C3CC[C@@]21C)C(C)(C)c1cc2c(cc1O5)CCC1C2CC[C@]2(C)C1CC[C@H]2OC(=O)CCCC. The summed E-state index contributed by atoms with van der Waals surface area (Å²) in [5, 5.41) is 0. The molecule has 4 saturated carbocycles. The summed E-state index contributed by atoms with van der Waals surface area (Å²) in [6.45, 7) is 14.0. The average Bonchev–Trinajstić information content (AvgIpc) is 3.67. The normalized spacial score (nSPS) is 36.5. The zero-order valence-corrected chi connectivity index (χ0v) is 34.2. The maximum Gasteiger partial charge on any atom is 0.306 e. The van der Waals surface area contributed by atoms with E-state index in [1.54, 1.807) is 11.1 Å². The third kappa shape index (κ3) is 5.73. The molecular weight excluding hydrogens is 669 g/mol. The summed E-state index contributed by atoms with van der Waals surface area (Å²) < 4.78 is 19.4. The molecule has 0 radical (unpaired) electrons. The van der Waals surface area contributed by atoms with Gasteiger partial charge in [-0.25, -0.2) is 0 Å². The van der Waals surface area contributed by atoms with Gasteiger partial charge in [0.05, 0.1) is 0 Å². The van der Waals surface area contributed by atoms with Crippen LogP contribution in [0.4, 0.5) is 0 Å². The van der Waals surface area contributed by atoms with Gasteiger partial charge in [-0.05, 0) is 160 Å². The first-order valence-corrected chi connectivity index (χ1v) is 22.4. The summed E-state index contributed by atoms with van der Waals surface area (Å²) in [5.74, 6) is 5.87. The minimum absolute atomic E-state index is 0.0142. The van der Waals surface area contributed by atoms with Crippen LogP contribution in [0.3, 0.4) is 0 Å². The number of carbonyl (C=O) groups is 2. The molecule has 5 nitrogen and oxygen atoms in total. The Kier molecular flexibility index (Phi) is 9.32. The molecule has 0 N–H and O–H groups in total. The second-order valence-electron chi connectivity index (χ2n) is 20.1. The van der Waals surface area contributed by atoms with Crippen molar-refractivity contribution in [1.82, 2.24) is 0 Å². The summed E-state index contributed by atoms with van der Waals surface area (Å²) in [5.41, 5.74) is 8.89. The standard InChI is InChI=1S/C49H66O5/c1-7-9-11-45(50)53-43-19-17-37-33-15-13-29-25-41-39(27-35(29)31(33)21-23-48(37,43)5)47(3,4)40-28-36-30(26-42(40)52-41)14-16-34-32(36)22-24-49(6)38(34)18-20-44(49)54-46(51)12-10-8-2/h25-28,31-34,37-38,43-44H,7-24H2,1-6H3/t31?,32?,33?,34?,37?,38?,43-,44+,48-,49+. The summed E-state index contributed by atoms with van der Waals surface area (Å²) >= 11 is 0. The van der Waals surface area contributed by atoms with Crippen LogP contribution < -0.4 is 4.74 Å². The lowest BCUT2D eigenvalue weighted by atomic mass is 9.54. The average molecular weight is 735 g/mol. The Morgan fingerprint density at radius 2 is 1.07 bits per heavy atom. The van der Waals surface area contributed by atoms with Crippen molar-refractivity contribution < 1.29 is 23.8 Å². The predicted molar refractivity (Wildman–Crippen MR) is 213 cm³/mol. The van der Waals surface area contributed by atoms with Gasteiger partial charge < -0.3 is 14.2 Å². The topological polar surface area (TPSA) is 61.8 Å². The van der Waals surface area contributed by atoms with E-state index in [0.29, 0.717) is 48.3 Å². The molecule has 0 bridgehead atoms. The molecule has 292 valence electrons. The zero-order chi connectivity index (χ0) is 37.6. The molecule has 5 heteroatoms. The van der Waals surface area contributed by atoms with Crippen molar-refractivity contribution in [3.63, 3.8) is 0 Å². The van der Waals surface area contributed by atoms with Gasteiger partial charge in [0.15, 0.2) is 0 Å². The highest BCUT2D eigenvalue weighted by atomic mass is 16.5. The highest BCUT2D eigenvalue weighted by molar-refractivity contribution is 5.70. The Labute approximate surface area is 325 Å². The van der Waals surface area contributed by atoms with E-state index in [-0.39, 0.29) is 40.4 Å². The largest absolute Gasteiger partial charge is 0.462 e. The molecule has 1 heterocycles. The molecule has 6 aliphatic carbocycles. The minimum Gasteiger partial charge on any atom is -0.462 e. The molecule has 54 heavy (non-hydrogen) atoms. The van der Waals surface area contributed by atoms with E-state index in [0.717, 1.165) is 75.7 Å². The van der Waals surface area contributed by atoms with Gasteiger partial charge in [0.1, 0.15) is 23.7 Å². The van der Waals surface area contributed by atoms with Crippen molar-refractivity contribution in [2.45, 2.75) is 187 Å². The van der Waals surface area contributed by atoms with Crippen LogP contribution >= 0.6 is 0 Å². The molecule has 0 amide bonds. The smallest absolute Gasteiger partial charge is 0.306 e. The van der Waals surface area contributed by atoms with Crippen molar-refractivity contribution in [3.05, 3.63) is 57.6 Å². The van der Waals surface area contributed by atoms with Gasteiger partial charge in [-0.2, -0.15) is 0 Å². The van der Waals surface area contributed by atoms with Crippen molar-refractivity contribution in [2.24, 2.45) is 34.5 Å². The summed E-state index contributed by atoms with van der Waals surface area (Å²) in [4.78, 5) is 25.5. The number of carbonyl (C=O) groups excluding carboxylic acids is 2. The molecule has 7 aliphatic rings. The van der Waals surface area contributed by atoms with Gasteiger partial charge in [-0.15, -0.1) is 0 Å². The Morgan fingerprint density at radius 3 is 1.50 bits per heavy atom. The first-order chi connectivity index (χ1) is 26.0. The van der Waals surface area contributed by atoms with Crippen molar-refractivity contribution >= 4 is 11.9 Å². The number of benzene rings is 2. The number of ether oxygens (including phenoxy) is 3. The van der Waals surface area contributed by atoms with Crippen LogP contribution in [0.15, 0.2) is 24.3 Å². The highest BCUT2D eigenvalue weighted by Crippen LogP contribution is 2.64. The lowest BCUT2D eigenvalue weighted by molar-refractivity contribution is -0.158. The van der Waals surface area contributed by atoms with Crippen LogP contribution in [-0.2, 0) is 37.3 Å². The van der Waals surface area contributed by atoms with Crippen molar-refractivity contribution in [1.29, 1.82) is 0 Å². The second-order valence-corrected chi connectivity index (χ2v) is 20.1. The number of rotatable bonds is 8. The van der Waals surface area contributed by atoms with Crippen LogP contribution in [0.25, 0.3) is 0 Å². The number of hydrogen-bond donors (Lipinski definition) is 0. The second kappa shape index (κ2) is 13.7. The Bertz CT molecular complexity index is 1680. The Balaban J connectivity index is 0.962. The fourth-order valence-corrected chi connectivity index (χ4v) is 14.0. The predicted octanol–water partition coefficient (Wildman–Crippen LogP) is 12.0.